The summed E-state index contributed by atoms with van der Waals surface area (Å²) in [5.74, 6) is 0.817. The van der Waals surface area contributed by atoms with Crippen LogP contribution in [0.2, 0.25) is 0 Å². The lowest BCUT2D eigenvalue weighted by Crippen LogP contribution is -2.34. The third kappa shape index (κ3) is 4.04. The predicted octanol–water partition coefficient (Wildman–Crippen LogP) is 4.34. The number of carbonyl (C=O) groups excluding carboxylic acids is 1. The molecule has 2 N–H and O–H groups in total. The molecule has 1 aliphatic rings. The van der Waals surface area contributed by atoms with Gasteiger partial charge in [0.2, 0.25) is 0 Å². The van der Waals surface area contributed by atoms with Crippen molar-refractivity contribution in [2.24, 2.45) is 0 Å². The minimum Gasteiger partial charge on any atom is -0.488 e. The second-order valence-electron chi connectivity index (χ2n) is 6.49. The highest BCUT2D eigenvalue weighted by molar-refractivity contribution is 7.13. The lowest BCUT2D eigenvalue weighted by molar-refractivity contribution is 0.00688. The van der Waals surface area contributed by atoms with E-state index in [9.17, 15) is 9.90 Å². The number of ether oxygens (including phenoxy) is 1. The van der Waals surface area contributed by atoms with Crippen molar-refractivity contribution in [1.29, 1.82) is 0 Å². The SMILES string of the molecule is O=C(Nc1ccc(O[C@@H]2CCCC[C@H]2O)cc1)c1ncoc1-c1cccs1. The fraction of sp³-hybridized carbons (Fsp3) is 0.300. The molecule has 27 heavy (non-hydrogen) atoms. The van der Waals surface area contributed by atoms with Gasteiger partial charge < -0.3 is 19.6 Å². The molecule has 2 heterocycles. The first-order chi connectivity index (χ1) is 13.2. The molecule has 0 spiro atoms. The number of amides is 1. The average molecular weight is 384 g/mol. The number of hydrogen-bond donors (Lipinski definition) is 2. The van der Waals surface area contributed by atoms with E-state index in [4.69, 9.17) is 9.15 Å². The van der Waals surface area contributed by atoms with Crippen molar-refractivity contribution in [2.75, 3.05) is 5.32 Å². The third-order valence-electron chi connectivity index (χ3n) is 4.59. The maximum Gasteiger partial charge on any atom is 0.278 e. The number of oxazole rings is 1. The van der Waals surface area contributed by atoms with Gasteiger partial charge in [-0.25, -0.2) is 4.98 Å². The number of hydrogen-bond acceptors (Lipinski definition) is 6. The zero-order chi connectivity index (χ0) is 18.6. The van der Waals surface area contributed by atoms with Crippen LogP contribution in [-0.2, 0) is 0 Å². The molecule has 1 aromatic carbocycles. The molecule has 3 aromatic rings. The van der Waals surface area contributed by atoms with Crippen LogP contribution in [0.25, 0.3) is 10.6 Å². The third-order valence-corrected chi connectivity index (χ3v) is 5.46. The number of anilines is 1. The monoisotopic (exact) mass is 384 g/mol. The van der Waals surface area contributed by atoms with Crippen LogP contribution < -0.4 is 10.1 Å². The van der Waals surface area contributed by atoms with E-state index >= 15 is 0 Å². The standard InChI is InChI=1S/C20H20N2O4S/c23-15-4-1-2-5-16(15)26-14-9-7-13(8-10-14)22-20(24)18-19(25-12-21-18)17-6-3-11-27-17/h3,6-12,15-16,23H,1-2,4-5H2,(H,22,24)/t15-,16-/m1/s1. The summed E-state index contributed by atoms with van der Waals surface area (Å²) in [6, 6.07) is 10.9. The van der Waals surface area contributed by atoms with Gasteiger partial charge in [0.15, 0.2) is 17.8 Å². The first-order valence-electron chi connectivity index (χ1n) is 8.94. The van der Waals surface area contributed by atoms with Crippen LogP contribution in [0.1, 0.15) is 36.2 Å². The fourth-order valence-corrected chi connectivity index (χ4v) is 3.90. The number of aliphatic hydroxyl groups is 1. The smallest absolute Gasteiger partial charge is 0.278 e. The topological polar surface area (TPSA) is 84.6 Å². The highest BCUT2D eigenvalue weighted by Crippen LogP contribution is 2.28. The Morgan fingerprint density at radius 1 is 1.22 bits per heavy atom. The molecule has 2 aromatic heterocycles. The normalized spacial score (nSPS) is 19.6. The molecular formula is C20H20N2O4S. The zero-order valence-corrected chi connectivity index (χ0v) is 15.4. The van der Waals surface area contributed by atoms with Gasteiger partial charge in [0.1, 0.15) is 11.9 Å². The zero-order valence-electron chi connectivity index (χ0n) is 14.6. The Kier molecular flexibility index (Phi) is 5.22. The van der Waals surface area contributed by atoms with Crippen molar-refractivity contribution in [2.45, 2.75) is 37.9 Å². The van der Waals surface area contributed by atoms with Crippen molar-refractivity contribution in [3.8, 4) is 16.4 Å². The van der Waals surface area contributed by atoms with Crippen LogP contribution in [-0.4, -0.2) is 28.2 Å². The van der Waals surface area contributed by atoms with Gasteiger partial charge in [-0.05, 0) is 55.0 Å². The largest absolute Gasteiger partial charge is 0.488 e. The Hall–Kier alpha value is -2.64. The Balaban J connectivity index is 1.41. The van der Waals surface area contributed by atoms with E-state index in [-0.39, 0.29) is 17.7 Å². The van der Waals surface area contributed by atoms with Gasteiger partial charge in [0.05, 0.1) is 11.0 Å². The molecular weight excluding hydrogens is 364 g/mol. The molecule has 7 heteroatoms. The maximum absolute atomic E-state index is 12.5. The van der Waals surface area contributed by atoms with Gasteiger partial charge in [-0.2, -0.15) is 0 Å². The number of nitrogens with zero attached hydrogens (tertiary/aromatic N) is 1. The van der Waals surface area contributed by atoms with Crippen LogP contribution in [0.4, 0.5) is 5.69 Å². The number of rotatable bonds is 5. The van der Waals surface area contributed by atoms with Gasteiger partial charge >= 0.3 is 0 Å². The number of benzene rings is 1. The van der Waals surface area contributed by atoms with Crippen LogP contribution in [0.3, 0.4) is 0 Å². The summed E-state index contributed by atoms with van der Waals surface area (Å²) in [6.07, 6.45) is 4.45. The molecule has 4 rings (SSSR count). The molecule has 1 saturated carbocycles. The molecule has 6 nitrogen and oxygen atoms in total. The van der Waals surface area contributed by atoms with E-state index in [2.05, 4.69) is 10.3 Å². The van der Waals surface area contributed by atoms with E-state index in [1.54, 1.807) is 24.3 Å². The fourth-order valence-electron chi connectivity index (χ4n) is 3.19. The highest BCUT2D eigenvalue weighted by atomic mass is 32.1. The first kappa shape index (κ1) is 17.8. The lowest BCUT2D eigenvalue weighted by atomic mass is 9.95. The Labute approximate surface area is 160 Å². The maximum atomic E-state index is 12.5. The van der Waals surface area contributed by atoms with E-state index in [1.165, 1.54) is 17.7 Å². The summed E-state index contributed by atoms with van der Waals surface area (Å²) in [5.41, 5.74) is 0.889. The molecule has 1 amide bonds. The Morgan fingerprint density at radius 2 is 2.04 bits per heavy atom. The molecule has 2 atom stereocenters. The second-order valence-corrected chi connectivity index (χ2v) is 7.44. The van der Waals surface area contributed by atoms with Crippen LogP contribution in [0.5, 0.6) is 5.75 Å². The molecule has 1 aliphatic carbocycles. The van der Waals surface area contributed by atoms with Gasteiger partial charge in [-0.3, -0.25) is 4.79 Å². The molecule has 0 aliphatic heterocycles. The van der Waals surface area contributed by atoms with E-state index in [0.29, 0.717) is 17.2 Å². The van der Waals surface area contributed by atoms with Gasteiger partial charge in [0.25, 0.3) is 5.91 Å². The van der Waals surface area contributed by atoms with E-state index in [0.717, 1.165) is 30.6 Å². The van der Waals surface area contributed by atoms with Crippen molar-refractivity contribution in [3.05, 3.63) is 53.9 Å². The minimum atomic E-state index is -0.416. The first-order valence-corrected chi connectivity index (χ1v) is 9.82. The summed E-state index contributed by atoms with van der Waals surface area (Å²) < 4.78 is 11.3. The van der Waals surface area contributed by atoms with Crippen LogP contribution in [0.15, 0.2) is 52.6 Å². The summed E-state index contributed by atoms with van der Waals surface area (Å²) >= 11 is 1.49. The molecule has 140 valence electrons. The van der Waals surface area contributed by atoms with E-state index < -0.39 is 6.10 Å². The lowest BCUT2D eigenvalue weighted by Gasteiger charge is -2.28. The molecule has 0 radical (unpaired) electrons. The number of nitrogens with one attached hydrogen (secondary N) is 1. The Bertz CT molecular complexity index is 889. The predicted molar refractivity (Wildman–Crippen MR) is 103 cm³/mol. The minimum absolute atomic E-state index is 0.164. The summed E-state index contributed by atoms with van der Waals surface area (Å²) in [7, 11) is 0. The number of aliphatic hydroxyl groups excluding tert-OH is 1. The molecule has 1 fully saturated rings. The molecule has 0 unspecified atom stereocenters. The summed E-state index contributed by atoms with van der Waals surface area (Å²) in [6.45, 7) is 0. The number of carbonyl (C=O) groups is 1. The van der Waals surface area contributed by atoms with Crippen LogP contribution >= 0.6 is 11.3 Å². The molecule has 0 bridgehead atoms. The summed E-state index contributed by atoms with van der Waals surface area (Å²) in [5, 5.41) is 14.8. The van der Waals surface area contributed by atoms with Gasteiger partial charge in [0, 0.05) is 5.69 Å². The molecule has 0 saturated heterocycles. The van der Waals surface area contributed by atoms with E-state index in [1.807, 2.05) is 17.5 Å². The number of aromatic nitrogens is 1. The van der Waals surface area contributed by atoms with Gasteiger partial charge in [-0.15, -0.1) is 11.3 Å². The quantitative estimate of drug-likeness (QED) is 0.684. The Morgan fingerprint density at radius 3 is 2.78 bits per heavy atom. The average Bonchev–Trinajstić information content (AvgIpc) is 3.36. The second kappa shape index (κ2) is 7.94. The number of thiophene rings is 1. The highest BCUT2D eigenvalue weighted by Gasteiger charge is 2.24. The van der Waals surface area contributed by atoms with Crippen LogP contribution in [0, 0.1) is 0 Å². The van der Waals surface area contributed by atoms with Gasteiger partial charge in [-0.1, -0.05) is 12.5 Å². The van der Waals surface area contributed by atoms with Crippen molar-refractivity contribution in [3.63, 3.8) is 0 Å². The van der Waals surface area contributed by atoms with Crippen molar-refractivity contribution >= 4 is 22.9 Å². The van der Waals surface area contributed by atoms with Crippen molar-refractivity contribution in [1.82, 2.24) is 4.98 Å². The summed E-state index contributed by atoms with van der Waals surface area (Å²) in [4.78, 5) is 17.4. The van der Waals surface area contributed by atoms with Crippen molar-refractivity contribution < 1.29 is 19.1 Å².